The molecular weight excluding hydrogens is 188 g/mol. The molecule has 0 aromatic heterocycles. The molecule has 0 fully saturated rings. The van der Waals surface area contributed by atoms with Crippen molar-refractivity contribution in [3.8, 4) is 0 Å². The Morgan fingerprint density at radius 3 is 1.67 bits per heavy atom. The summed E-state index contributed by atoms with van der Waals surface area (Å²) in [6.45, 7) is 9.96. The van der Waals surface area contributed by atoms with Gasteiger partial charge in [-0.15, -0.1) is 6.58 Å². The zero-order valence-corrected chi connectivity index (χ0v) is 10.0. The van der Waals surface area contributed by atoms with Crippen LogP contribution in [0.1, 0.15) is 32.8 Å². The van der Waals surface area contributed by atoms with Crippen LogP contribution in [-0.4, -0.2) is 11.0 Å². The monoisotopic (exact) mass is 212 g/mol. The van der Waals surface area contributed by atoms with Crippen LogP contribution in [-0.2, 0) is 6.42 Å². The first-order valence-electron chi connectivity index (χ1n) is 4.89. The van der Waals surface area contributed by atoms with E-state index in [1.165, 1.54) is 11.1 Å². The molecular formula is C13H24O2. The van der Waals surface area contributed by atoms with Gasteiger partial charge >= 0.3 is 0 Å². The van der Waals surface area contributed by atoms with Gasteiger partial charge in [-0.25, -0.2) is 0 Å². The summed E-state index contributed by atoms with van der Waals surface area (Å²) in [7, 11) is 0. The van der Waals surface area contributed by atoms with E-state index in [1.54, 1.807) is 0 Å². The Balaban J connectivity index is -0.000000185. The third-order valence-corrected chi connectivity index (χ3v) is 1.85. The van der Waals surface area contributed by atoms with E-state index in [-0.39, 0.29) is 11.0 Å². The second-order valence-corrected chi connectivity index (χ2v) is 3.15. The first kappa shape index (κ1) is 19.5. The molecule has 0 aliphatic rings. The third kappa shape index (κ3) is 12.9. The van der Waals surface area contributed by atoms with Crippen molar-refractivity contribution in [1.29, 1.82) is 0 Å². The average molecular weight is 212 g/mol. The van der Waals surface area contributed by atoms with Crippen LogP contribution in [0.3, 0.4) is 0 Å². The fourth-order valence-electron chi connectivity index (χ4n) is 0.714. The molecule has 0 bridgehead atoms. The number of hydrogen-bond acceptors (Lipinski definition) is 0. The lowest BCUT2D eigenvalue weighted by molar-refractivity contribution is 0.823. The van der Waals surface area contributed by atoms with Gasteiger partial charge in [0.05, 0.1) is 0 Å². The molecule has 0 unspecified atom stereocenters. The predicted octanol–water partition coefficient (Wildman–Crippen LogP) is 2.57. The van der Waals surface area contributed by atoms with Gasteiger partial charge in [-0.05, 0) is 25.3 Å². The molecule has 1 rings (SSSR count). The van der Waals surface area contributed by atoms with E-state index < -0.39 is 0 Å². The van der Waals surface area contributed by atoms with Crippen LogP contribution in [0.2, 0.25) is 0 Å². The van der Waals surface area contributed by atoms with Crippen molar-refractivity contribution in [1.82, 2.24) is 0 Å². The van der Waals surface area contributed by atoms with Gasteiger partial charge in [0.1, 0.15) is 0 Å². The van der Waals surface area contributed by atoms with Gasteiger partial charge in [-0.3, -0.25) is 0 Å². The number of allylic oxidation sites excluding steroid dienone is 1. The molecule has 0 saturated carbocycles. The Hall–Kier alpha value is -1.12. The lowest BCUT2D eigenvalue weighted by Crippen LogP contribution is -1.73. The van der Waals surface area contributed by atoms with Crippen LogP contribution in [0.5, 0.6) is 0 Å². The molecule has 1 aromatic rings. The maximum atomic E-state index is 3.67. The second kappa shape index (κ2) is 12.9. The molecule has 0 saturated heterocycles. The molecule has 0 aliphatic heterocycles. The highest BCUT2D eigenvalue weighted by Crippen LogP contribution is 1.96. The molecule has 15 heavy (non-hydrogen) atoms. The standard InChI is InChI=1S/C8H10.C5H10.2H2O/c1-2-8-6-4-3-5-7-8;1-4-5(2)3;;/h3-7H,2H2,1H3;2,4H2,1,3H3;2*1H2. The zero-order valence-electron chi connectivity index (χ0n) is 10.0. The molecule has 88 valence electrons. The van der Waals surface area contributed by atoms with Crippen molar-refractivity contribution in [3.05, 3.63) is 48.0 Å². The second-order valence-electron chi connectivity index (χ2n) is 3.15. The molecule has 2 nitrogen and oxygen atoms in total. The summed E-state index contributed by atoms with van der Waals surface area (Å²) in [6.07, 6.45) is 2.25. The minimum absolute atomic E-state index is 0. The van der Waals surface area contributed by atoms with Crippen LogP contribution in [0.15, 0.2) is 42.5 Å². The molecule has 2 heteroatoms. The van der Waals surface area contributed by atoms with Crippen LogP contribution >= 0.6 is 0 Å². The maximum absolute atomic E-state index is 3.67. The summed E-state index contributed by atoms with van der Waals surface area (Å²) in [5, 5.41) is 0. The Labute approximate surface area is 93.3 Å². The van der Waals surface area contributed by atoms with Crippen molar-refractivity contribution in [2.75, 3.05) is 0 Å². The smallest absolute Gasteiger partial charge is 0.0307 e. The summed E-state index contributed by atoms with van der Waals surface area (Å²) in [6, 6.07) is 10.5. The zero-order chi connectivity index (χ0) is 10.1. The number of aryl methyl sites for hydroxylation is 1. The van der Waals surface area contributed by atoms with E-state index in [0.717, 1.165) is 12.8 Å². The first-order chi connectivity index (χ1) is 6.20. The highest BCUT2D eigenvalue weighted by molar-refractivity contribution is 5.13. The van der Waals surface area contributed by atoms with E-state index in [9.17, 15) is 0 Å². The van der Waals surface area contributed by atoms with Gasteiger partial charge in [-0.2, -0.15) is 0 Å². The fraction of sp³-hybridized carbons (Fsp3) is 0.385. The van der Waals surface area contributed by atoms with Crippen molar-refractivity contribution in [2.45, 2.75) is 33.6 Å². The van der Waals surface area contributed by atoms with Crippen LogP contribution in [0, 0.1) is 0 Å². The summed E-state index contributed by atoms with van der Waals surface area (Å²) in [4.78, 5) is 0. The molecule has 0 atom stereocenters. The first-order valence-corrected chi connectivity index (χ1v) is 4.89. The summed E-state index contributed by atoms with van der Waals surface area (Å²) >= 11 is 0. The van der Waals surface area contributed by atoms with Gasteiger partial charge in [0.15, 0.2) is 0 Å². The Kier molecular flexibility index (Phi) is 16.7. The lowest BCUT2D eigenvalue weighted by Gasteiger charge is -1.89. The maximum Gasteiger partial charge on any atom is -0.0307 e. The van der Waals surface area contributed by atoms with E-state index >= 15 is 0 Å². The third-order valence-electron chi connectivity index (χ3n) is 1.85. The van der Waals surface area contributed by atoms with E-state index in [4.69, 9.17) is 0 Å². The minimum Gasteiger partial charge on any atom is -0.412 e. The fourth-order valence-corrected chi connectivity index (χ4v) is 0.714. The van der Waals surface area contributed by atoms with E-state index in [1.807, 2.05) is 13.0 Å². The Morgan fingerprint density at radius 2 is 1.47 bits per heavy atom. The molecule has 0 amide bonds. The molecule has 0 spiro atoms. The lowest BCUT2D eigenvalue weighted by atomic mass is 10.2. The van der Waals surface area contributed by atoms with Crippen molar-refractivity contribution in [3.63, 3.8) is 0 Å². The molecule has 1 aromatic carbocycles. The van der Waals surface area contributed by atoms with Crippen LogP contribution < -0.4 is 0 Å². The number of benzene rings is 1. The normalized spacial score (nSPS) is 7.40. The number of rotatable bonds is 2. The highest BCUT2D eigenvalue weighted by Gasteiger charge is 1.79. The summed E-state index contributed by atoms with van der Waals surface area (Å²) in [5.41, 5.74) is 2.66. The van der Waals surface area contributed by atoms with Crippen LogP contribution in [0.4, 0.5) is 0 Å². The van der Waals surface area contributed by atoms with Gasteiger partial charge in [0.25, 0.3) is 0 Å². The van der Waals surface area contributed by atoms with Crippen LogP contribution in [0.25, 0.3) is 0 Å². The molecule has 4 N–H and O–H groups in total. The van der Waals surface area contributed by atoms with Gasteiger partial charge in [0, 0.05) is 0 Å². The van der Waals surface area contributed by atoms with Crippen molar-refractivity contribution < 1.29 is 11.0 Å². The van der Waals surface area contributed by atoms with Gasteiger partial charge in [0.2, 0.25) is 0 Å². The van der Waals surface area contributed by atoms with Crippen molar-refractivity contribution in [2.24, 2.45) is 0 Å². The average Bonchev–Trinajstić information content (AvgIpc) is 2.20. The Morgan fingerprint density at radius 1 is 1.07 bits per heavy atom. The van der Waals surface area contributed by atoms with Gasteiger partial charge in [-0.1, -0.05) is 49.8 Å². The molecule has 0 heterocycles. The largest absolute Gasteiger partial charge is 0.412 e. The van der Waals surface area contributed by atoms with E-state index in [2.05, 4.69) is 44.7 Å². The quantitative estimate of drug-likeness (QED) is 0.676. The van der Waals surface area contributed by atoms with Crippen molar-refractivity contribution >= 4 is 0 Å². The summed E-state index contributed by atoms with van der Waals surface area (Å²) < 4.78 is 0. The van der Waals surface area contributed by atoms with E-state index in [0.29, 0.717) is 0 Å². The highest BCUT2D eigenvalue weighted by atomic mass is 16.0. The molecule has 0 radical (unpaired) electrons. The SMILES string of the molecule is C=C(C)CC.CCc1ccccc1.O.O. The Bertz CT molecular complexity index is 230. The topological polar surface area (TPSA) is 63.0 Å². The minimum atomic E-state index is 0. The molecule has 0 aliphatic carbocycles. The van der Waals surface area contributed by atoms with Gasteiger partial charge < -0.3 is 11.0 Å². The predicted molar refractivity (Wildman–Crippen MR) is 68.2 cm³/mol. The summed E-state index contributed by atoms with van der Waals surface area (Å²) in [5.74, 6) is 0. The number of hydrogen-bond donors (Lipinski definition) is 0.